The summed E-state index contributed by atoms with van der Waals surface area (Å²) in [6.07, 6.45) is 0.694. The van der Waals surface area contributed by atoms with Crippen LogP contribution >= 0.6 is 0 Å². The molecule has 5 rings (SSSR count). The molecule has 4 aromatic rings. The number of rotatable bonds is 18. The van der Waals surface area contributed by atoms with Crippen LogP contribution in [0.5, 0.6) is 5.75 Å². The maximum absolute atomic E-state index is 14.6. The van der Waals surface area contributed by atoms with Crippen molar-refractivity contribution in [2.24, 2.45) is 11.3 Å². The van der Waals surface area contributed by atoms with Gasteiger partial charge in [0.15, 0.2) is 0 Å². The molecule has 0 spiro atoms. The van der Waals surface area contributed by atoms with Crippen molar-refractivity contribution in [3.63, 3.8) is 0 Å². The van der Waals surface area contributed by atoms with Gasteiger partial charge in [0, 0.05) is 44.3 Å². The smallest absolute Gasteiger partial charge is 0.407 e. The largest absolute Gasteiger partial charge is 0.497 e. The van der Waals surface area contributed by atoms with Gasteiger partial charge in [-0.2, -0.15) is 0 Å². The van der Waals surface area contributed by atoms with Gasteiger partial charge in [-0.05, 0) is 58.7 Å². The van der Waals surface area contributed by atoms with E-state index in [0.29, 0.717) is 31.8 Å². The van der Waals surface area contributed by atoms with Gasteiger partial charge in [0.05, 0.1) is 31.9 Å². The van der Waals surface area contributed by atoms with E-state index in [-0.39, 0.29) is 37.4 Å². The predicted molar refractivity (Wildman–Crippen MR) is 226 cm³/mol. The fourth-order valence-corrected chi connectivity index (χ4v) is 7.38. The highest BCUT2D eigenvalue weighted by atomic mass is 16.5. The van der Waals surface area contributed by atoms with Gasteiger partial charge in [0.1, 0.15) is 17.8 Å². The molecule has 0 bridgehead atoms. The number of hydrazine groups is 1. The Morgan fingerprint density at radius 1 is 0.898 bits per heavy atom. The zero-order valence-corrected chi connectivity index (χ0v) is 35.2. The Hall–Kier alpha value is -5.73. The van der Waals surface area contributed by atoms with Crippen LogP contribution in [0, 0.1) is 11.3 Å². The first kappa shape index (κ1) is 44.4. The summed E-state index contributed by atoms with van der Waals surface area (Å²) in [6, 6.07) is 23.7. The average Bonchev–Trinajstić information content (AvgIpc) is 3.57. The molecule has 14 heteroatoms. The van der Waals surface area contributed by atoms with Crippen molar-refractivity contribution in [2.45, 2.75) is 84.8 Å². The van der Waals surface area contributed by atoms with Gasteiger partial charge in [-0.25, -0.2) is 14.6 Å². The van der Waals surface area contributed by atoms with Gasteiger partial charge in [-0.3, -0.25) is 20.0 Å². The Bertz CT molecular complexity index is 2020. The fraction of sp³-hybridized carbons (Fsp3) is 0.444. The number of para-hydroxylation sites is 1. The van der Waals surface area contributed by atoms with Crippen molar-refractivity contribution in [2.75, 3.05) is 33.9 Å². The van der Waals surface area contributed by atoms with Crippen LogP contribution in [-0.2, 0) is 33.8 Å². The molecule has 0 aliphatic carbocycles. The average molecular weight is 810 g/mol. The Balaban J connectivity index is 1.40. The van der Waals surface area contributed by atoms with Crippen LogP contribution in [0.25, 0.3) is 10.9 Å². The summed E-state index contributed by atoms with van der Waals surface area (Å²) in [4.78, 5) is 62.8. The van der Waals surface area contributed by atoms with Gasteiger partial charge < -0.3 is 35.0 Å². The molecule has 4 N–H and O–H groups in total. The normalized spacial score (nSPS) is 15.6. The highest BCUT2D eigenvalue weighted by molar-refractivity contribution is 5.89. The van der Waals surface area contributed by atoms with Gasteiger partial charge in [-0.15, -0.1) is 0 Å². The fourth-order valence-electron chi connectivity index (χ4n) is 7.38. The quantitative estimate of drug-likeness (QED) is 0.0979. The topological polar surface area (TPSA) is 166 Å². The third-order valence-electron chi connectivity index (χ3n) is 10.9. The monoisotopic (exact) mass is 809 g/mol. The number of urea groups is 1. The van der Waals surface area contributed by atoms with Gasteiger partial charge in [0.25, 0.3) is 5.91 Å². The maximum Gasteiger partial charge on any atom is 0.407 e. The Labute approximate surface area is 347 Å². The first-order valence-electron chi connectivity index (χ1n) is 20.2. The lowest BCUT2D eigenvalue weighted by Gasteiger charge is -2.36. The summed E-state index contributed by atoms with van der Waals surface area (Å²) < 4.78 is 10.1. The SMILES string of the molecule is CC[C@H](C)[C@@H](C(=O)N[C@@H](Cc1ccccc1)[C@@H](O)CN(Cc1ccc(OC)cc1)NC(=O)[C@@H](NC(=O)OC)C(C)(C)C)N1CCN(Cc2ccnc3ccccc23)C1=O. The molecule has 0 radical (unpaired) electrons. The summed E-state index contributed by atoms with van der Waals surface area (Å²) >= 11 is 0. The van der Waals surface area contributed by atoms with Gasteiger partial charge in [-0.1, -0.05) is 102 Å². The maximum atomic E-state index is 14.6. The molecule has 1 aliphatic rings. The van der Waals surface area contributed by atoms with E-state index in [4.69, 9.17) is 9.47 Å². The number of hydrogen-bond acceptors (Lipinski definition) is 9. The summed E-state index contributed by atoms with van der Waals surface area (Å²) in [7, 11) is 2.80. The minimum absolute atomic E-state index is 0.102. The molecule has 1 fully saturated rings. The lowest BCUT2D eigenvalue weighted by molar-refractivity contribution is -0.132. The number of amides is 5. The number of benzene rings is 3. The Morgan fingerprint density at radius 2 is 1.59 bits per heavy atom. The minimum Gasteiger partial charge on any atom is -0.497 e. The zero-order chi connectivity index (χ0) is 42.7. The number of aliphatic hydroxyl groups excluding tert-OH is 1. The highest BCUT2D eigenvalue weighted by Crippen LogP contribution is 2.26. The standard InChI is InChI=1S/C45H59N7O7/c1-8-30(2)39(52-25-24-50(44(52)57)28-33-22-23-46-36-17-13-12-16-35(33)36)41(54)47-37(26-31-14-10-9-11-15-31)38(53)29-51(27-32-18-20-34(58-6)21-19-32)49-42(55)40(45(3,4)5)48-43(56)59-7/h9-23,30,37-40,53H,8,24-29H2,1-7H3,(H,47,54)(H,48,56)(H,49,55)/t30-,37-,38-,39-,40+/m0/s1. The minimum atomic E-state index is -1.21. The molecule has 1 aromatic heterocycles. The summed E-state index contributed by atoms with van der Waals surface area (Å²) in [5, 5.41) is 20.5. The lowest BCUT2D eigenvalue weighted by Crippen LogP contribution is -2.60. The molecule has 316 valence electrons. The number of aliphatic hydroxyl groups is 1. The number of aromatic nitrogens is 1. The van der Waals surface area contributed by atoms with Crippen molar-refractivity contribution < 1.29 is 33.8 Å². The first-order valence-corrected chi connectivity index (χ1v) is 20.2. The van der Waals surface area contributed by atoms with E-state index >= 15 is 0 Å². The third kappa shape index (κ3) is 11.7. The molecule has 14 nitrogen and oxygen atoms in total. The summed E-state index contributed by atoms with van der Waals surface area (Å²) in [5.41, 5.74) is 5.74. The number of alkyl carbamates (subject to hydrolysis) is 1. The van der Waals surface area contributed by atoms with Crippen molar-refractivity contribution in [3.8, 4) is 5.75 Å². The van der Waals surface area contributed by atoms with Crippen molar-refractivity contribution >= 4 is 34.8 Å². The number of fused-ring (bicyclic) bond motifs is 1. The summed E-state index contributed by atoms with van der Waals surface area (Å²) in [6.45, 7) is 10.7. The molecule has 59 heavy (non-hydrogen) atoms. The molecule has 0 unspecified atom stereocenters. The molecule has 1 aliphatic heterocycles. The zero-order valence-electron chi connectivity index (χ0n) is 35.2. The molecular weight excluding hydrogens is 751 g/mol. The number of ether oxygens (including phenoxy) is 2. The van der Waals surface area contributed by atoms with Crippen LogP contribution < -0.4 is 20.8 Å². The lowest BCUT2D eigenvalue weighted by atomic mass is 9.86. The van der Waals surface area contributed by atoms with Crippen LogP contribution in [0.3, 0.4) is 0 Å². The van der Waals surface area contributed by atoms with Crippen LogP contribution in [-0.4, -0.2) is 107 Å². The predicted octanol–water partition coefficient (Wildman–Crippen LogP) is 5.29. The van der Waals surface area contributed by atoms with Gasteiger partial charge >= 0.3 is 12.1 Å². The molecule has 5 amide bonds. The van der Waals surface area contributed by atoms with E-state index in [9.17, 15) is 24.3 Å². The second-order valence-corrected chi connectivity index (χ2v) is 16.2. The number of carbonyl (C=O) groups is 4. The molecule has 2 heterocycles. The van der Waals surface area contributed by atoms with Crippen LogP contribution in [0.15, 0.2) is 91.1 Å². The van der Waals surface area contributed by atoms with Crippen molar-refractivity contribution in [1.29, 1.82) is 0 Å². The molecule has 1 saturated heterocycles. The van der Waals surface area contributed by atoms with E-state index in [1.807, 2.05) is 107 Å². The van der Waals surface area contributed by atoms with E-state index in [1.54, 1.807) is 40.2 Å². The second-order valence-electron chi connectivity index (χ2n) is 16.2. The van der Waals surface area contributed by atoms with Crippen LogP contribution in [0.4, 0.5) is 9.59 Å². The third-order valence-corrected chi connectivity index (χ3v) is 10.9. The number of nitrogens with one attached hydrogen (secondary N) is 3. The van der Waals surface area contributed by atoms with Crippen LogP contribution in [0.1, 0.15) is 57.7 Å². The molecule has 3 aromatic carbocycles. The highest BCUT2D eigenvalue weighted by Gasteiger charge is 2.41. The number of nitrogens with zero attached hydrogens (tertiary/aromatic N) is 4. The van der Waals surface area contributed by atoms with Crippen LogP contribution in [0.2, 0.25) is 0 Å². The Morgan fingerprint density at radius 3 is 2.25 bits per heavy atom. The van der Waals surface area contributed by atoms with E-state index in [1.165, 1.54) is 7.11 Å². The number of carbonyl (C=O) groups excluding carboxylic acids is 4. The van der Waals surface area contributed by atoms with Crippen molar-refractivity contribution in [1.82, 2.24) is 35.9 Å². The van der Waals surface area contributed by atoms with E-state index in [2.05, 4.69) is 21.0 Å². The van der Waals surface area contributed by atoms with E-state index in [0.717, 1.165) is 27.6 Å². The first-order chi connectivity index (χ1) is 28.2. The molecule has 5 atom stereocenters. The molecule has 0 saturated carbocycles. The van der Waals surface area contributed by atoms with E-state index < -0.39 is 41.6 Å². The Kier molecular flexibility index (Phi) is 15.3. The second kappa shape index (κ2) is 20.3. The van der Waals surface area contributed by atoms with Gasteiger partial charge in [0.2, 0.25) is 5.91 Å². The van der Waals surface area contributed by atoms with Crippen molar-refractivity contribution in [3.05, 3.63) is 108 Å². The summed E-state index contributed by atoms with van der Waals surface area (Å²) in [5.74, 6) is -0.422. The number of hydrogen-bond donors (Lipinski definition) is 4. The molecular formula is C45H59N7O7. The number of methoxy groups -OCH3 is 2. The number of pyridine rings is 1.